The zero-order chi connectivity index (χ0) is 41.0. The molecule has 0 fully saturated rings. The third-order valence-electron chi connectivity index (χ3n) is 9.21. The van der Waals surface area contributed by atoms with Crippen LogP contribution in [0.5, 0.6) is 5.75 Å². The topological polar surface area (TPSA) is 176 Å². The molecule has 0 radical (unpaired) electrons. The van der Waals surface area contributed by atoms with E-state index >= 15 is 0 Å². The number of carbonyl (C=O) groups excluding carboxylic acids is 3. The van der Waals surface area contributed by atoms with E-state index in [4.69, 9.17) is 33.5 Å². The summed E-state index contributed by atoms with van der Waals surface area (Å²) in [6.45, 7) is 5.54. The summed E-state index contributed by atoms with van der Waals surface area (Å²) < 4.78 is 42.9. The maximum absolute atomic E-state index is 13.3. The summed E-state index contributed by atoms with van der Waals surface area (Å²) in [5.74, 6) is -1.80. The van der Waals surface area contributed by atoms with Gasteiger partial charge in [-0.1, -0.05) is 142 Å². The van der Waals surface area contributed by atoms with Gasteiger partial charge in [-0.25, -0.2) is 9.36 Å². The highest BCUT2D eigenvalue weighted by molar-refractivity contribution is 7.46. The third kappa shape index (κ3) is 30.6. The zero-order valence-corrected chi connectivity index (χ0v) is 35.4. The molecule has 0 aliphatic rings. The Morgan fingerprint density at radius 2 is 1.09 bits per heavy atom. The average molecular weight is 816 g/mol. The van der Waals surface area contributed by atoms with Gasteiger partial charge in [0.1, 0.15) is 31.6 Å². The van der Waals surface area contributed by atoms with Gasteiger partial charge in [-0.15, -0.1) is 0 Å². The summed E-state index contributed by atoms with van der Waals surface area (Å²) in [5.41, 5.74) is 0.0726. The van der Waals surface area contributed by atoms with Crippen molar-refractivity contribution in [3.05, 3.63) is 29.8 Å². The molecule has 1 atom stereocenters. The molecule has 1 amide bonds. The van der Waals surface area contributed by atoms with E-state index in [0.717, 1.165) is 25.7 Å². The second kappa shape index (κ2) is 35.6. The Hall–Kier alpha value is -2.54. The Balaban J connectivity index is 2.50. The van der Waals surface area contributed by atoms with Crippen LogP contribution in [0.1, 0.15) is 165 Å². The first kappa shape index (κ1) is 51.5. The molecule has 0 bridgehead atoms. The monoisotopic (exact) mass is 815 g/mol. The van der Waals surface area contributed by atoms with E-state index in [1.807, 2.05) is 0 Å². The van der Waals surface area contributed by atoms with E-state index in [0.29, 0.717) is 13.2 Å². The molecule has 0 saturated carbocycles. The van der Waals surface area contributed by atoms with Gasteiger partial charge in [0.2, 0.25) is 0 Å². The fourth-order valence-corrected chi connectivity index (χ4v) is 6.32. The van der Waals surface area contributed by atoms with Crippen LogP contribution in [-0.2, 0) is 37.6 Å². The number of amides is 1. The van der Waals surface area contributed by atoms with E-state index in [1.165, 1.54) is 115 Å². The van der Waals surface area contributed by atoms with Crippen LogP contribution in [-0.4, -0.2) is 86.5 Å². The van der Waals surface area contributed by atoms with Crippen molar-refractivity contribution in [2.45, 2.75) is 161 Å². The van der Waals surface area contributed by atoms with E-state index in [1.54, 1.807) is 12.1 Å². The summed E-state index contributed by atoms with van der Waals surface area (Å²) in [6, 6.07) is 5.03. The van der Waals surface area contributed by atoms with Gasteiger partial charge in [-0.3, -0.25) is 14.1 Å². The second-order valence-corrected chi connectivity index (χ2v) is 15.4. The van der Waals surface area contributed by atoms with Gasteiger partial charge in [0.05, 0.1) is 25.4 Å². The molecule has 0 aliphatic carbocycles. The van der Waals surface area contributed by atoms with Crippen LogP contribution in [0.3, 0.4) is 0 Å². The summed E-state index contributed by atoms with van der Waals surface area (Å²) >= 11 is 0. The predicted molar refractivity (Wildman–Crippen MR) is 218 cm³/mol. The molecule has 0 aliphatic heterocycles. The van der Waals surface area contributed by atoms with Gasteiger partial charge in [-0.2, -0.15) is 0 Å². The summed E-state index contributed by atoms with van der Waals surface area (Å²) in [7, 11) is -4.68. The van der Waals surface area contributed by atoms with E-state index in [2.05, 4.69) is 23.7 Å². The Morgan fingerprint density at radius 1 is 0.607 bits per heavy atom. The maximum Gasteiger partial charge on any atom is 0.469 e. The zero-order valence-electron chi connectivity index (χ0n) is 34.5. The molecule has 0 heterocycles. The average Bonchev–Trinajstić information content (AvgIpc) is 3.18. The number of phosphoric acid groups is 1. The largest absolute Gasteiger partial charge is 0.490 e. The molecular formula is C42H74NO12P. The Morgan fingerprint density at radius 3 is 1.61 bits per heavy atom. The highest BCUT2D eigenvalue weighted by atomic mass is 31.2. The van der Waals surface area contributed by atoms with Gasteiger partial charge in [0.25, 0.3) is 5.91 Å². The Labute approximate surface area is 336 Å². The van der Waals surface area contributed by atoms with E-state index < -0.39 is 38.3 Å². The maximum atomic E-state index is 13.3. The van der Waals surface area contributed by atoms with Crippen molar-refractivity contribution in [2.24, 2.45) is 0 Å². The molecular weight excluding hydrogens is 741 g/mol. The lowest BCUT2D eigenvalue weighted by Gasteiger charge is -2.19. The first-order valence-electron chi connectivity index (χ1n) is 21.4. The first-order chi connectivity index (χ1) is 27.2. The third-order valence-corrected chi connectivity index (χ3v) is 9.73. The van der Waals surface area contributed by atoms with Crippen molar-refractivity contribution in [1.82, 2.24) is 5.32 Å². The van der Waals surface area contributed by atoms with Crippen molar-refractivity contribution in [3.8, 4) is 5.75 Å². The van der Waals surface area contributed by atoms with Gasteiger partial charge in [0.15, 0.2) is 0 Å². The molecule has 1 rings (SSSR count). The van der Waals surface area contributed by atoms with Crippen molar-refractivity contribution >= 4 is 25.7 Å². The molecule has 1 unspecified atom stereocenters. The van der Waals surface area contributed by atoms with E-state index in [9.17, 15) is 18.9 Å². The smallest absolute Gasteiger partial charge is 0.469 e. The quantitative estimate of drug-likeness (QED) is 0.0327. The van der Waals surface area contributed by atoms with E-state index in [-0.39, 0.29) is 57.2 Å². The number of hydrogen-bond acceptors (Lipinski definition) is 10. The van der Waals surface area contributed by atoms with Crippen LogP contribution < -0.4 is 10.1 Å². The minimum Gasteiger partial charge on any atom is -0.490 e. The van der Waals surface area contributed by atoms with Crippen molar-refractivity contribution in [2.75, 3.05) is 52.9 Å². The second-order valence-electron chi connectivity index (χ2n) is 14.2. The van der Waals surface area contributed by atoms with Crippen LogP contribution in [0, 0.1) is 0 Å². The number of para-hydroxylation sites is 1. The molecule has 1 aromatic carbocycles. The fourth-order valence-electron chi connectivity index (χ4n) is 6.01. The molecule has 0 spiro atoms. The highest BCUT2D eigenvalue weighted by Gasteiger charge is 2.26. The number of benzene rings is 1. The van der Waals surface area contributed by atoms with Crippen molar-refractivity contribution in [1.29, 1.82) is 0 Å². The van der Waals surface area contributed by atoms with Crippen LogP contribution in [0.15, 0.2) is 24.3 Å². The fraction of sp³-hybridized carbons (Fsp3) is 0.786. The molecule has 0 aromatic heterocycles. The number of unbranched alkanes of at least 4 members (excludes halogenated alkanes) is 18. The number of phosphoric ester groups is 1. The lowest BCUT2D eigenvalue weighted by Crippen LogP contribution is -2.42. The van der Waals surface area contributed by atoms with Gasteiger partial charge >= 0.3 is 19.8 Å². The Kier molecular flexibility index (Phi) is 32.7. The number of nitrogens with one attached hydrogen (secondary N) is 1. The van der Waals surface area contributed by atoms with Crippen molar-refractivity contribution in [3.63, 3.8) is 0 Å². The molecule has 1 aromatic rings. The van der Waals surface area contributed by atoms with Crippen LogP contribution in [0.4, 0.5) is 0 Å². The van der Waals surface area contributed by atoms with Gasteiger partial charge < -0.3 is 38.8 Å². The molecule has 56 heavy (non-hydrogen) atoms. The van der Waals surface area contributed by atoms with Crippen LogP contribution >= 0.6 is 7.82 Å². The molecule has 324 valence electrons. The number of rotatable bonds is 39. The number of hydrogen-bond donors (Lipinski definition) is 3. The van der Waals surface area contributed by atoms with Gasteiger partial charge in [0, 0.05) is 19.6 Å². The molecule has 14 heteroatoms. The lowest BCUT2D eigenvalue weighted by molar-refractivity contribution is -0.149. The molecule has 3 N–H and O–H groups in total. The minimum atomic E-state index is -4.68. The predicted octanol–water partition coefficient (Wildman–Crippen LogP) is 9.01. The van der Waals surface area contributed by atoms with Crippen molar-refractivity contribution < 1.29 is 56.9 Å². The summed E-state index contributed by atoms with van der Waals surface area (Å²) in [6.07, 6.45) is 24.4. The first-order valence-corrected chi connectivity index (χ1v) is 22.9. The summed E-state index contributed by atoms with van der Waals surface area (Å²) in [4.78, 5) is 56.8. The van der Waals surface area contributed by atoms with Crippen LogP contribution in [0.2, 0.25) is 0 Å². The molecule has 13 nitrogen and oxygen atoms in total. The van der Waals surface area contributed by atoms with Gasteiger partial charge in [-0.05, 0) is 31.4 Å². The minimum absolute atomic E-state index is 0.0108. The Bertz CT molecular complexity index is 1180. The number of esters is 2. The van der Waals surface area contributed by atoms with Crippen LogP contribution in [0.25, 0.3) is 0 Å². The number of ether oxygens (including phenoxy) is 5. The lowest BCUT2D eigenvalue weighted by atomic mass is 10.1. The molecule has 0 saturated heterocycles. The number of carbonyl (C=O) groups is 3. The SMILES string of the molecule is CCCCCCCCCCCCOCCOC(=O)CCC(NC(=O)c1ccccc1OCCOP(=O)(O)O)C(=O)OCCOCCCCCCCCCCCC. The highest BCUT2D eigenvalue weighted by Crippen LogP contribution is 2.35. The normalized spacial score (nSPS) is 12.0. The summed E-state index contributed by atoms with van der Waals surface area (Å²) in [5, 5.41) is 2.64. The standard InChI is InChI=1S/C42H74NO12P/c1-3-5-7-9-11-13-15-17-19-23-29-50-31-33-53-40(44)28-27-38(42(46)54-34-32-51-30-24-20-18-16-14-12-10-8-6-4-2)43-41(45)37-25-21-22-26-39(37)52-35-36-55-56(47,48)49/h21-22,25-26,38H,3-20,23-24,27-36H2,1-2H3,(H,43,45)(H2,47,48,49).